The standard InChI is InChI=1S/C16H16N2O3/c1-20-16(19)14-11-21-18(13-7-3-2-4-8-13)15(14)12-6-5-9-17-10-12/h2-10,14-15H,11H2,1H3/t14-,15+/m0/s1. The molecule has 108 valence electrons. The van der Waals surface area contributed by atoms with Crippen LogP contribution in [0.4, 0.5) is 5.69 Å². The molecular formula is C16H16N2O3. The van der Waals surface area contributed by atoms with Crippen LogP contribution in [0.25, 0.3) is 0 Å². The van der Waals surface area contributed by atoms with E-state index in [1.54, 1.807) is 17.5 Å². The first-order valence-corrected chi connectivity index (χ1v) is 6.76. The van der Waals surface area contributed by atoms with Crippen LogP contribution in [0.2, 0.25) is 0 Å². The molecule has 5 nitrogen and oxygen atoms in total. The summed E-state index contributed by atoms with van der Waals surface area (Å²) >= 11 is 0. The lowest BCUT2D eigenvalue weighted by Crippen LogP contribution is -2.28. The summed E-state index contributed by atoms with van der Waals surface area (Å²) in [6, 6.07) is 13.3. The molecule has 2 aromatic rings. The number of hydrogen-bond acceptors (Lipinski definition) is 5. The number of methoxy groups -OCH3 is 1. The number of nitrogens with zero attached hydrogens (tertiary/aromatic N) is 2. The van der Waals surface area contributed by atoms with Crippen LogP contribution in [0.3, 0.4) is 0 Å². The quantitative estimate of drug-likeness (QED) is 0.810. The van der Waals surface area contributed by atoms with E-state index in [9.17, 15) is 4.79 Å². The number of ether oxygens (including phenoxy) is 1. The summed E-state index contributed by atoms with van der Waals surface area (Å²) in [5, 5.41) is 1.76. The fourth-order valence-corrected chi connectivity index (χ4v) is 2.57. The van der Waals surface area contributed by atoms with E-state index in [1.165, 1.54) is 7.11 Å². The fraction of sp³-hybridized carbons (Fsp3) is 0.250. The van der Waals surface area contributed by atoms with Crippen LogP contribution in [-0.4, -0.2) is 24.7 Å². The fourth-order valence-electron chi connectivity index (χ4n) is 2.57. The zero-order valence-corrected chi connectivity index (χ0v) is 11.7. The highest BCUT2D eigenvalue weighted by Gasteiger charge is 2.42. The Balaban J connectivity index is 1.99. The van der Waals surface area contributed by atoms with Crippen molar-refractivity contribution in [2.45, 2.75) is 6.04 Å². The number of hydroxylamine groups is 1. The van der Waals surface area contributed by atoms with Gasteiger partial charge in [-0.25, -0.2) is 5.06 Å². The van der Waals surface area contributed by atoms with Crippen LogP contribution in [-0.2, 0) is 14.4 Å². The summed E-state index contributed by atoms with van der Waals surface area (Å²) in [5.74, 6) is -0.651. The van der Waals surface area contributed by atoms with Gasteiger partial charge in [0.15, 0.2) is 0 Å². The normalized spacial score (nSPS) is 21.3. The smallest absolute Gasteiger partial charge is 0.313 e. The monoisotopic (exact) mass is 284 g/mol. The largest absolute Gasteiger partial charge is 0.469 e. The molecule has 0 bridgehead atoms. The van der Waals surface area contributed by atoms with Gasteiger partial charge in [-0.2, -0.15) is 0 Å². The maximum atomic E-state index is 12.0. The summed E-state index contributed by atoms with van der Waals surface area (Å²) < 4.78 is 4.90. The predicted octanol–water partition coefficient (Wildman–Crippen LogP) is 2.36. The summed E-state index contributed by atoms with van der Waals surface area (Å²) in [6.07, 6.45) is 3.46. The van der Waals surface area contributed by atoms with Crippen molar-refractivity contribution in [3.05, 3.63) is 60.4 Å². The third-order valence-electron chi connectivity index (χ3n) is 3.57. The van der Waals surface area contributed by atoms with Crippen LogP contribution in [0.15, 0.2) is 54.9 Å². The molecule has 1 aromatic heterocycles. The highest BCUT2D eigenvalue weighted by molar-refractivity contribution is 5.75. The Morgan fingerprint density at radius 1 is 1.29 bits per heavy atom. The first-order chi connectivity index (χ1) is 10.3. The molecule has 0 N–H and O–H groups in total. The van der Waals surface area contributed by atoms with Gasteiger partial charge < -0.3 is 4.74 Å². The zero-order chi connectivity index (χ0) is 14.7. The van der Waals surface area contributed by atoms with Gasteiger partial charge in [-0.15, -0.1) is 0 Å². The lowest BCUT2D eigenvalue weighted by molar-refractivity contribution is -0.145. The molecule has 2 atom stereocenters. The first kappa shape index (κ1) is 13.6. The zero-order valence-electron chi connectivity index (χ0n) is 11.7. The van der Waals surface area contributed by atoms with Gasteiger partial charge in [0.05, 0.1) is 25.4 Å². The molecule has 1 aliphatic heterocycles. The number of pyridine rings is 1. The molecule has 0 saturated carbocycles. The van der Waals surface area contributed by atoms with Gasteiger partial charge in [-0.05, 0) is 23.8 Å². The van der Waals surface area contributed by atoms with Crippen molar-refractivity contribution >= 4 is 11.7 Å². The summed E-state index contributed by atoms with van der Waals surface area (Å²) in [7, 11) is 1.40. The number of carbonyl (C=O) groups is 1. The second kappa shape index (κ2) is 5.93. The Morgan fingerprint density at radius 3 is 2.76 bits per heavy atom. The Labute approximate surface area is 123 Å². The first-order valence-electron chi connectivity index (χ1n) is 6.76. The van der Waals surface area contributed by atoms with Crippen molar-refractivity contribution in [3.8, 4) is 0 Å². The lowest BCUT2D eigenvalue weighted by atomic mass is 9.95. The summed E-state index contributed by atoms with van der Waals surface area (Å²) in [4.78, 5) is 21.9. The summed E-state index contributed by atoms with van der Waals surface area (Å²) in [6.45, 7) is 0.293. The Morgan fingerprint density at radius 2 is 2.10 bits per heavy atom. The Hall–Kier alpha value is -2.40. The van der Waals surface area contributed by atoms with Crippen molar-refractivity contribution in [2.75, 3.05) is 18.8 Å². The van der Waals surface area contributed by atoms with Gasteiger partial charge in [0.25, 0.3) is 0 Å². The second-order valence-electron chi connectivity index (χ2n) is 4.82. The SMILES string of the molecule is COC(=O)[C@H]1CON(c2ccccc2)[C@@H]1c1cccnc1. The minimum absolute atomic E-state index is 0.242. The number of rotatable bonds is 3. The van der Waals surface area contributed by atoms with E-state index in [2.05, 4.69) is 4.98 Å². The number of para-hydroxylation sites is 1. The molecule has 0 radical (unpaired) electrons. The molecule has 1 saturated heterocycles. The van der Waals surface area contributed by atoms with E-state index in [4.69, 9.17) is 9.57 Å². The molecule has 1 aromatic carbocycles. The highest BCUT2D eigenvalue weighted by atomic mass is 16.7. The van der Waals surface area contributed by atoms with E-state index in [1.807, 2.05) is 42.5 Å². The van der Waals surface area contributed by atoms with Crippen LogP contribution in [0, 0.1) is 5.92 Å². The molecular weight excluding hydrogens is 268 g/mol. The molecule has 2 heterocycles. The average Bonchev–Trinajstić information content (AvgIpc) is 3.00. The van der Waals surface area contributed by atoms with E-state index in [0.717, 1.165) is 11.3 Å². The predicted molar refractivity (Wildman–Crippen MR) is 77.4 cm³/mol. The molecule has 1 fully saturated rings. The van der Waals surface area contributed by atoms with Gasteiger partial charge in [0.2, 0.25) is 0 Å². The molecule has 1 aliphatic rings. The van der Waals surface area contributed by atoms with E-state index in [-0.39, 0.29) is 17.9 Å². The maximum Gasteiger partial charge on any atom is 0.313 e. The minimum atomic E-state index is -0.376. The number of anilines is 1. The van der Waals surface area contributed by atoms with E-state index >= 15 is 0 Å². The van der Waals surface area contributed by atoms with Gasteiger partial charge in [-0.1, -0.05) is 24.3 Å². The van der Waals surface area contributed by atoms with Gasteiger partial charge >= 0.3 is 5.97 Å². The topological polar surface area (TPSA) is 51.7 Å². The maximum absolute atomic E-state index is 12.0. The Bertz CT molecular complexity index is 603. The van der Waals surface area contributed by atoms with Gasteiger partial charge in [0, 0.05) is 12.4 Å². The van der Waals surface area contributed by atoms with Gasteiger partial charge in [0.1, 0.15) is 5.92 Å². The number of aromatic nitrogens is 1. The molecule has 0 aliphatic carbocycles. The van der Waals surface area contributed by atoms with Crippen molar-refractivity contribution in [1.82, 2.24) is 4.98 Å². The average molecular weight is 284 g/mol. The van der Waals surface area contributed by atoms with Crippen molar-refractivity contribution in [2.24, 2.45) is 5.92 Å². The summed E-state index contributed by atoms with van der Waals surface area (Å²) in [5.41, 5.74) is 1.83. The van der Waals surface area contributed by atoms with Crippen molar-refractivity contribution in [3.63, 3.8) is 0 Å². The van der Waals surface area contributed by atoms with E-state index in [0.29, 0.717) is 6.61 Å². The van der Waals surface area contributed by atoms with Crippen molar-refractivity contribution in [1.29, 1.82) is 0 Å². The molecule has 21 heavy (non-hydrogen) atoms. The number of esters is 1. The number of benzene rings is 1. The van der Waals surface area contributed by atoms with Crippen molar-refractivity contribution < 1.29 is 14.4 Å². The molecule has 0 amide bonds. The second-order valence-corrected chi connectivity index (χ2v) is 4.82. The lowest BCUT2D eigenvalue weighted by Gasteiger charge is -2.26. The molecule has 0 spiro atoms. The molecule has 3 rings (SSSR count). The van der Waals surface area contributed by atoms with Gasteiger partial charge in [-0.3, -0.25) is 14.6 Å². The minimum Gasteiger partial charge on any atom is -0.469 e. The third-order valence-corrected chi connectivity index (χ3v) is 3.57. The number of hydrogen-bond donors (Lipinski definition) is 0. The Kier molecular flexibility index (Phi) is 3.83. The molecule has 0 unspecified atom stereocenters. The highest BCUT2D eigenvalue weighted by Crippen LogP contribution is 2.38. The molecule has 5 heteroatoms. The third kappa shape index (κ3) is 2.60. The number of carbonyl (C=O) groups excluding carboxylic acids is 1. The van der Waals surface area contributed by atoms with Crippen LogP contribution >= 0.6 is 0 Å². The van der Waals surface area contributed by atoms with Crippen LogP contribution in [0.5, 0.6) is 0 Å². The van der Waals surface area contributed by atoms with E-state index < -0.39 is 0 Å². The van der Waals surface area contributed by atoms with Crippen LogP contribution < -0.4 is 5.06 Å². The van der Waals surface area contributed by atoms with Crippen LogP contribution in [0.1, 0.15) is 11.6 Å².